The lowest BCUT2D eigenvalue weighted by Crippen LogP contribution is -2.57. The summed E-state index contributed by atoms with van der Waals surface area (Å²) < 4.78 is 5.82. The van der Waals surface area contributed by atoms with Crippen molar-refractivity contribution >= 4 is 29.0 Å². The molecule has 1 unspecified atom stereocenters. The minimum absolute atomic E-state index is 0.00560. The Morgan fingerprint density at radius 1 is 0.976 bits per heavy atom. The smallest absolute Gasteiger partial charge is 0.302 e. The fraction of sp³-hybridized carbons (Fsp3) is 0.917. The van der Waals surface area contributed by atoms with Crippen molar-refractivity contribution in [2.75, 3.05) is 0 Å². The van der Waals surface area contributed by atoms with Gasteiger partial charge in [0.2, 0.25) is 0 Å². The van der Waals surface area contributed by atoms with E-state index in [0.29, 0.717) is 28.4 Å². The molecule has 0 aromatic heterocycles. The molecule has 0 amide bonds. The molecule has 0 radical (unpaired) electrons. The number of hydrogen-bond donors (Lipinski definition) is 2. The molecule has 5 rings (SSSR count). The second kappa shape index (κ2) is 13.4. The number of fused-ring (bicyclic) bond motifs is 5. The Kier molecular flexibility index (Phi) is 10.3. The topological polar surface area (TPSA) is 62.7 Å². The van der Waals surface area contributed by atoms with Gasteiger partial charge in [-0.3, -0.25) is 10.2 Å². The van der Waals surface area contributed by atoms with Crippen LogP contribution in [0.3, 0.4) is 0 Å². The molecule has 5 fully saturated rings. The summed E-state index contributed by atoms with van der Waals surface area (Å²) in [6, 6.07) is 0.472. The second-order valence-corrected chi connectivity index (χ2v) is 16.6. The molecule has 6 heteroatoms. The summed E-state index contributed by atoms with van der Waals surface area (Å²) in [6.07, 6.45) is 20.0. The molecule has 5 aliphatic carbocycles. The van der Waals surface area contributed by atoms with E-state index in [1.54, 1.807) is 6.92 Å². The standard InChI is InChI=1S/C36H61N3O2S/c1-23(2)11-10-12-24(3)29-15-16-30-28-22-33(38-39-34(42)37-26-13-8-7-9-14-26)32-21-27(41-25(4)40)17-19-36(32,6)31(28)18-20-35(29,30)5/h23-24,26-32H,7-22H2,1-6H3,(H2,37,39,42)/b38-33+/t24-,27+,28+,29-,30+,31+,32?,35-,36-/m1/s1. The van der Waals surface area contributed by atoms with E-state index < -0.39 is 0 Å². The highest BCUT2D eigenvalue weighted by Gasteiger charge is 2.62. The van der Waals surface area contributed by atoms with Gasteiger partial charge in [0.15, 0.2) is 5.11 Å². The van der Waals surface area contributed by atoms with Crippen LogP contribution >= 0.6 is 12.2 Å². The number of nitrogens with one attached hydrogen (secondary N) is 2. The molecule has 0 heterocycles. The van der Waals surface area contributed by atoms with Gasteiger partial charge in [-0.25, -0.2) is 0 Å². The Balaban J connectivity index is 1.35. The average molecular weight is 600 g/mol. The van der Waals surface area contributed by atoms with Gasteiger partial charge >= 0.3 is 5.97 Å². The average Bonchev–Trinajstić information content (AvgIpc) is 3.29. The lowest BCUT2D eigenvalue weighted by atomic mass is 9.44. The maximum absolute atomic E-state index is 11.9. The number of carbonyl (C=O) groups is 1. The van der Waals surface area contributed by atoms with Gasteiger partial charge in [-0.2, -0.15) is 5.10 Å². The predicted octanol–water partition coefficient (Wildman–Crippen LogP) is 8.80. The van der Waals surface area contributed by atoms with Crippen molar-refractivity contribution in [2.45, 2.75) is 156 Å². The third kappa shape index (κ3) is 6.74. The Labute approximate surface area is 262 Å². The van der Waals surface area contributed by atoms with E-state index in [9.17, 15) is 4.79 Å². The van der Waals surface area contributed by atoms with Gasteiger partial charge in [-0.05, 0) is 123 Å². The van der Waals surface area contributed by atoms with Crippen LogP contribution in [0.1, 0.15) is 144 Å². The van der Waals surface area contributed by atoms with Crippen LogP contribution in [0, 0.1) is 52.3 Å². The normalized spacial score (nSPS) is 40.1. The summed E-state index contributed by atoms with van der Waals surface area (Å²) in [5.74, 6) is 4.89. The minimum atomic E-state index is -0.153. The van der Waals surface area contributed by atoms with Gasteiger partial charge in [0, 0.05) is 24.6 Å². The van der Waals surface area contributed by atoms with E-state index in [1.807, 2.05) is 0 Å². The quantitative estimate of drug-likeness (QED) is 0.166. The summed E-state index contributed by atoms with van der Waals surface area (Å²) in [6.45, 7) is 14.1. The summed E-state index contributed by atoms with van der Waals surface area (Å²) >= 11 is 5.76. The number of hydrazone groups is 1. The van der Waals surface area contributed by atoms with Gasteiger partial charge in [0.05, 0.1) is 0 Å². The second-order valence-electron chi connectivity index (χ2n) is 16.2. The minimum Gasteiger partial charge on any atom is -0.463 e. The lowest BCUT2D eigenvalue weighted by molar-refractivity contribution is -0.153. The SMILES string of the molecule is CC(=O)O[C@H]1CC[C@@]2(C)C(C1)/C(=N/NC(=S)NC1CCCCC1)C[C@H]1[C@@H]3CC[C@H]([C@H](C)CCCC(C)C)[C@@]3(C)CC[C@@H]12. The van der Waals surface area contributed by atoms with E-state index in [2.05, 4.69) is 45.4 Å². The number of nitrogens with zero attached hydrogens (tertiary/aromatic N) is 1. The van der Waals surface area contributed by atoms with E-state index in [0.717, 1.165) is 55.3 Å². The van der Waals surface area contributed by atoms with Crippen LogP contribution in [-0.2, 0) is 9.53 Å². The van der Waals surface area contributed by atoms with Crippen LogP contribution in [0.5, 0.6) is 0 Å². The zero-order valence-electron chi connectivity index (χ0n) is 27.7. The highest BCUT2D eigenvalue weighted by atomic mass is 32.1. The monoisotopic (exact) mass is 599 g/mol. The highest BCUT2D eigenvalue weighted by Crippen LogP contribution is 2.68. The van der Waals surface area contributed by atoms with Crippen LogP contribution < -0.4 is 10.7 Å². The van der Waals surface area contributed by atoms with E-state index in [-0.39, 0.29) is 17.5 Å². The van der Waals surface area contributed by atoms with Crippen molar-refractivity contribution in [3.8, 4) is 0 Å². The predicted molar refractivity (Wildman–Crippen MR) is 177 cm³/mol. The fourth-order valence-electron chi connectivity index (χ4n) is 11.1. The first kappa shape index (κ1) is 32.2. The van der Waals surface area contributed by atoms with Crippen molar-refractivity contribution in [2.24, 2.45) is 57.4 Å². The molecule has 5 aliphatic rings. The highest BCUT2D eigenvalue weighted by molar-refractivity contribution is 7.80. The van der Waals surface area contributed by atoms with Crippen molar-refractivity contribution in [1.82, 2.24) is 10.7 Å². The lowest BCUT2D eigenvalue weighted by Gasteiger charge is -2.61. The van der Waals surface area contributed by atoms with Crippen molar-refractivity contribution in [1.29, 1.82) is 0 Å². The van der Waals surface area contributed by atoms with Crippen LogP contribution in [0.25, 0.3) is 0 Å². The third-order valence-corrected chi connectivity index (χ3v) is 13.4. The molecule has 0 aromatic rings. The van der Waals surface area contributed by atoms with Gasteiger partial charge in [0.1, 0.15) is 6.10 Å². The molecular weight excluding hydrogens is 538 g/mol. The molecule has 9 atom stereocenters. The fourth-order valence-corrected chi connectivity index (χ4v) is 11.3. The van der Waals surface area contributed by atoms with Gasteiger partial charge < -0.3 is 10.1 Å². The Hall–Kier alpha value is -1.17. The number of ether oxygens (including phenoxy) is 1. The first-order valence-electron chi connectivity index (χ1n) is 17.8. The number of esters is 1. The van der Waals surface area contributed by atoms with Crippen molar-refractivity contribution < 1.29 is 9.53 Å². The Morgan fingerprint density at radius 2 is 1.69 bits per heavy atom. The Morgan fingerprint density at radius 3 is 2.40 bits per heavy atom. The zero-order valence-corrected chi connectivity index (χ0v) is 28.5. The summed E-state index contributed by atoms with van der Waals surface area (Å²) in [5, 5.41) is 9.39. The molecular formula is C36H61N3O2S. The maximum Gasteiger partial charge on any atom is 0.302 e. The largest absolute Gasteiger partial charge is 0.463 e. The summed E-state index contributed by atoms with van der Waals surface area (Å²) in [7, 11) is 0. The van der Waals surface area contributed by atoms with Crippen LogP contribution in [0.15, 0.2) is 5.10 Å². The van der Waals surface area contributed by atoms with E-state index >= 15 is 0 Å². The number of thiocarbonyl (C=S) groups is 1. The number of rotatable bonds is 8. The maximum atomic E-state index is 11.9. The summed E-state index contributed by atoms with van der Waals surface area (Å²) in [4.78, 5) is 11.9. The van der Waals surface area contributed by atoms with Crippen LogP contribution in [0.4, 0.5) is 0 Å². The van der Waals surface area contributed by atoms with Crippen LogP contribution in [-0.4, -0.2) is 28.9 Å². The number of carbonyl (C=O) groups excluding carboxylic acids is 1. The van der Waals surface area contributed by atoms with E-state index in [4.69, 9.17) is 22.1 Å². The Bertz CT molecular complexity index is 992. The molecule has 0 aromatic carbocycles. The third-order valence-electron chi connectivity index (χ3n) is 13.2. The van der Waals surface area contributed by atoms with Crippen LogP contribution in [0.2, 0.25) is 0 Å². The zero-order chi connectivity index (χ0) is 30.1. The molecule has 0 saturated heterocycles. The number of hydrogen-bond acceptors (Lipinski definition) is 4. The molecule has 42 heavy (non-hydrogen) atoms. The molecule has 5 nitrogen and oxygen atoms in total. The first-order chi connectivity index (χ1) is 20.0. The summed E-state index contributed by atoms with van der Waals surface area (Å²) in [5.41, 5.74) is 5.28. The molecule has 0 bridgehead atoms. The van der Waals surface area contributed by atoms with E-state index in [1.165, 1.54) is 82.8 Å². The van der Waals surface area contributed by atoms with Gasteiger partial charge in [-0.15, -0.1) is 0 Å². The van der Waals surface area contributed by atoms with Gasteiger partial charge in [-0.1, -0.05) is 73.1 Å². The molecule has 0 aliphatic heterocycles. The molecule has 2 N–H and O–H groups in total. The first-order valence-corrected chi connectivity index (χ1v) is 18.2. The van der Waals surface area contributed by atoms with Gasteiger partial charge in [0.25, 0.3) is 0 Å². The molecule has 0 spiro atoms. The molecule has 238 valence electrons. The van der Waals surface area contributed by atoms with Crippen molar-refractivity contribution in [3.63, 3.8) is 0 Å². The molecule has 5 saturated carbocycles. The van der Waals surface area contributed by atoms with Crippen molar-refractivity contribution in [3.05, 3.63) is 0 Å².